The Hall–Kier alpha value is -0.610. The molecule has 1 amide bonds. The summed E-state index contributed by atoms with van der Waals surface area (Å²) >= 11 is 0. The Morgan fingerprint density at radius 2 is 2.26 bits per heavy atom. The van der Waals surface area contributed by atoms with Crippen LogP contribution in [0.2, 0.25) is 0 Å². The summed E-state index contributed by atoms with van der Waals surface area (Å²) in [6.07, 6.45) is 5.41. The van der Waals surface area contributed by atoms with E-state index in [0.29, 0.717) is 12.3 Å². The number of amides is 1. The largest absolute Gasteiger partial charge is 0.381 e. The van der Waals surface area contributed by atoms with Gasteiger partial charge in [-0.05, 0) is 44.7 Å². The molecular formula is C15H28N2O2. The molecule has 0 spiro atoms. The van der Waals surface area contributed by atoms with Crippen LogP contribution in [-0.2, 0) is 9.53 Å². The minimum Gasteiger partial charge on any atom is -0.381 e. The number of nitrogens with one attached hydrogen (secondary N) is 2. The first-order chi connectivity index (χ1) is 9.04. The lowest BCUT2D eigenvalue weighted by atomic mass is 9.64. The summed E-state index contributed by atoms with van der Waals surface area (Å²) in [5.41, 5.74) is 0.0663. The fourth-order valence-electron chi connectivity index (χ4n) is 3.30. The summed E-state index contributed by atoms with van der Waals surface area (Å²) in [6, 6.07) is 0.273. The van der Waals surface area contributed by atoms with E-state index in [4.69, 9.17) is 4.74 Å². The van der Waals surface area contributed by atoms with Crippen LogP contribution >= 0.6 is 0 Å². The van der Waals surface area contributed by atoms with E-state index in [1.165, 1.54) is 12.8 Å². The summed E-state index contributed by atoms with van der Waals surface area (Å²) in [4.78, 5) is 12.0. The van der Waals surface area contributed by atoms with Crippen LogP contribution in [0.3, 0.4) is 0 Å². The molecular weight excluding hydrogens is 240 g/mol. The standard InChI is InChI=1S/C15H28N2O2/c1-15(2)12(9-13(15)19-3)17-14(18)7-6-11-5-4-8-16-10-11/h11-13,16H,4-10H2,1-3H3,(H,17,18). The Kier molecular flexibility index (Phi) is 4.85. The number of methoxy groups -OCH3 is 1. The molecule has 2 fully saturated rings. The van der Waals surface area contributed by atoms with Gasteiger partial charge in [-0.1, -0.05) is 13.8 Å². The van der Waals surface area contributed by atoms with Gasteiger partial charge in [0.15, 0.2) is 0 Å². The zero-order valence-corrected chi connectivity index (χ0v) is 12.5. The summed E-state index contributed by atoms with van der Waals surface area (Å²) in [6.45, 7) is 6.55. The molecule has 0 aromatic rings. The molecule has 2 N–H and O–H groups in total. The van der Waals surface area contributed by atoms with Crippen molar-refractivity contribution in [3.63, 3.8) is 0 Å². The Balaban J connectivity index is 1.67. The van der Waals surface area contributed by atoms with Gasteiger partial charge < -0.3 is 15.4 Å². The van der Waals surface area contributed by atoms with Crippen molar-refractivity contribution in [1.29, 1.82) is 0 Å². The van der Waals surface area contributed by atoms with E-state index >= 15 is 0 Å². The number of hydrogen-bond donors (Lipinski definition) is 2. The molecule has 4 heteroatoms. The van der Waals surface area contributed by atoms with Crippen LogP contribution in [0.4, 0.5) is 0 Å². The number of hydrogen-bond acceptors (Lipinski definition) is 3. The predicted octanol–water partition coefficient (Wildman–Crippen LogP) is 1.70. The van der Waals surface area contributed by atoms with Crippen molar-refractivity contribution >= 4 is 5.91 Å². The topological polar surface area (TPSA) is 50.4 Å². The minimum atomic E-state index is 0.0663. The molecule has 3 atom stereocenters. The van der Waals surface area contributed by atoms with Gasteiger partial charge in [0, 0.05) is 25.0 Å². The monoisotopic (exact) mass is 268 g/mol. The maximum absolute atomic E-state index is 12.0. The van der Waals surface area contributed by atoms with E-state index in [9.17, 15) is 4.79 Å². The Morgan fingerprint density at radius 3 is 2.84 bits per heavy atom. The van der Waals surface area contributed by atoms with Crippen LogP contribution in [0.25, 0.3) is 0 Å². The lowest BCUT2D eigenvalue weighted by molar-refractivity contribution is -0.132. The van der Waals surface area contributed by atoms with Crippen molar-refractivity contribution < 1.29 is 9.53 Å². The van der Waals surface area contributed by atoms with Gasteiger partial charge in [0.1, 0.15) is 0 Å². The van der Waals surface area contributed by atoms with Gasteiger partial charge in [-0.3, -0.25) is 4.79 Å². The number of ether oxygens (including phenoxy) is 1. The normalized spacial score (nSPS) is 33.5. The highest BCUT2D eigenvalue weighted by Crippen LogP contribution is 2.42. The molecule has 3 unspecified atom stereocenters. The Bertz CT molecular complexity index is 311. The van der Waals surface area contributed by atoms with Crippen LogP contribution < -0.4 is 10.6 Å². The first kappa shape index (κ1) is 14.8. The fraction of sp³-hybridized carbons (Fsp3) is 0.933. The summed E-state index contributed by atoms with van der Waals surface area (Å²) < 4.78 is 5.41. The van der Waals surface area contributed by atoms with E-state index in [1.54, 1.807) is 7.11 Å². The van der Waals surface area contributed by atoms with Gasteiger partial charge in [0.25, 0.3) is 0 Å². The minimum absolute atomic E-state index is 0.0663. The van der Waals surface area contributed by atoms with Crippen LogP contribution in [0.1, 0.15) is 46.0 Å². The molecule has 2 aliphatic rings. The fourth-order valence-corrected chi connectivity index (χ4v) is 3.30. The molecule has 0 bridgehead atoms. The van der Waals surface area contributed by atoms with Gasteiger partial charge in [-0.25, -0.2) is 0 Å². The van der Waals surface area contributed by atoms with Crippen molar-refractivity contribution in [3.8, 4) is 0 Å². The van der Waals surface area contributed by atoms with Crippen molar-refractivity contribution in [2.75, 3.05) is 20.2 Å². The van der Waals surface area contributed by atoms with Crippen molar-refractivity contribution in [2.24, 2.45) is 11.3 Å². The molecule has 1 saturated carbocycles. The highest BCUT2D eigenvalue weighted by molar-refractivity contribution is 5.76. The maximum Gasteiger partial charge on any atom is 0.220 e. The predicted molar refractivity (Wildman–Crippen MR) is 76.0 cm³/mol. The van der Waals surface area contributed by atoms with Crippen LogP contribution in [0.5, 0.6) is 0 Å². The van der Waals surface area contributed by atoms with Crippen LogP contribution in [0, 0.1) is 11.3 Å². The summed E-state index contributed by atoms with van der Waals surface area (Å²) in [7, 11) is 1.75. The number of carbonyl (C=O) groups excluding carboxylic acids is 1. The molecule has 1 heterocycles. The second kappa shape index (κ2) is 6.23. The second-order valence-corrected chi connectivity index (χ2v) is 6.65. The average molecular weight is 268 g/mol. The van der Waals surface area contributed by atoms with E-state index in [1.807, 2.05) is 0 Å². The molecule has 2 rings (SSSR count). The Morgan fingerprint density at radius 1 is 1.47 bits per heavy atom. The molecule has 4 nitrogen and oxygen atoms in total. The third-order valence-electron chi connectivity index (χ3n) is 4.98. The lowest BCUT2D eigenvalue weighted by Crippen LogP contribution is -2.61. The summed E-state index contributed by atoms with van der Waals surface area (Å²) in [5, 5.41) is 6.57. The lowest BCUT2D eigenvalue weighted by Gasteiger charge is -2.51. The van der Waals surface area contributed by atoms with Crippen molar-refractivity contribution in [1.82, 2.24) is 10.6 Å². The van der Waals surface area contributed by atoms with Gasteiger partial charge in [0.2, 0.25) is 5.91 Å². The first-order valence-corrected chi connectivity index (χ1v) is 7.57. The molecule has 0 aromatic heterocycles. The molecule has 0 radical (unpaired) electrons. The highest BCUT2D eigenvalue weighted by Gasteiger charge is 2.49. The zero-order valence-electron chi connectivity index (χ0n) is 12.5. The van der Waals surface area contributed by atoms with Crippen molar-refractivity contribution in [3.05, 3.63) is 0 Å². The van der Waals surface area contributed by atoms with Gasteiger partial charge in [-0.2, -0.15) is 0 Å². The number of piperidine rings is 1. The van der Waals surface area contributed by atoms with Crippen LogP contribution in [-0.4, -0.2) is 38.3 Å². The quantitative estimate of drug-likeness (QED) is 0.798. The number of carbonyl (C=O) groups is 1. The zero-order chi connectivity index (χ0) is 13.9. The number of rotatable bonds is 5. The molecule has 0 aromatic carbocycles. The SMILES string of the molecule is COC1CC(NC(=O)CCC2CCCNC2)C1(C)C. The molecule has 1 aliphatic carbocycles. The Labute approximate surface area is 116 Å². The highest BCUT2D eigenvalue weighted by atomic mass is 16.5. The van der Waals surface area contributed by atoms with E-state index < -0.39 is 0 Å². The third kappa shape index (κ3) is 3.48. The smallest absolute Gasteiger partial charge is 0.220 e. The van der Waals surface area contributed by atoms with E-state index in [2.05, 4.69) is 24.5 Å². The molecule has 1 aliphatic heterocycles. The first-order valence-electron chi connectivity index (χ1n) is 7.57. The molecule has 110 valence electrons. The average Bonchev–Trinajstić information content (AvgIpc) is 2.42. The van der Waals surface area contributed by atoms with Gasteiger partial charge in [0.05, 0.1) is 6.10 Å². The van der Waals surface area contributed by atoms with E-state index in [0.717, 1.165) is 25.9 Å². The van der Waals surface area contributed by atoms with Crippen LogP contribution in [0.15, 0.2) is 0 Å². The molecule has 19 heavy (non-hydrogen) atoms. The van der Waals surface area contributed by atoms with Crippen molar-refractivity contribution in [2.45, 2.75) is 58.1 Å². The summed E-state index contributed by atoms with van der Waals surface area (Å²) in [5.74, 6) is 0.888. The van der Waals surface area contributed by atoms with Gasteiger partial charge >= 0.3 is 0 Å². The third-order valence-corrected chi connectivity index (χ3v) is 4.98. The molecule has 1 saturated heterocycles. The van der Waals surface area contributed by atoms with Gasteiger partial charge in [-0.15, -0.1) is 0 Å². The maximum atomic E-state index is 12.0. The second-order valence-electron chi connectivity index (χ2n) is 6.65. The van der Waals surface area contributed by atoms with E-state index in [-0.39, 0.29) is 23.5 Å².